The molecule has 108 valence electrons. The summed E-state index contributed by atoms with van der Waals surface area (Å²) in [7, 11) is -3.77. The largest absolute Gasteiger partial charge is 0.335 e. The fourth-order valence-electron chi connectivity index (χ4n) is 1.79. The maximum Gasteiger partial charge on any atom is 0.257 e. The zero-order valence-corrected chi connectivity index (χ0v) is 11.4. The lowest BCUT2D eigenvalue weighted by atomic mass is 10.1. The van der Waals surface area contributed by atoms with Gasteiger partial charge in [-0.15, -0.1) is 0 Å². The monoisotopic (exact) mass is 301 g/mol. The Morgan fingerprint density at radius 2 is 2.00 bits per heavy atom. The normalized spacial score (nSPS) is 13.3. The Bertz CT molecular complexity index is 666. The summed E-state index contributed by atoms with van der Waals surface area (Å²) in [6.07, 6.45) is 2.29. The van der Waals surface area contributed by atoms with Crippen molar-refractivity contribution in [3.05, 3.63) is 47.9 Å². The first-order chi connectivity index (χ1) is 9.40. The number of sulfonamides is 1. The fraction of sp³-hybridized carbons (Fsp3) is 0.250. The van der Waals surface area contributed by atoms with Crippen molar-refractivity contribution in [3.63, 3.8) is 0 Å². The molecule has 0 amide bonds. The second-order valence-electron chi connectivity index (χ2n) is 4.34. The van der Waals surface area contributed by atoms with E-state index >= 15 is 0 Å². The topological polar surface area (TPSA) is 74.8 Å². The molecule has 0 aliphatic rings. The molecule has 0 radical (unpaired) electrons. The number of hydrogen-bond donors (Lipinski definition) is 2. The van der Waals surface area contributed by atoms with Crippen LogP contribution in [0.2, 0.25) is 0 Å². The molecule has 1 heterocycles. The van der Waals surface area contributed by atoms with Crippen molar-refractivity contribution in [2.45, 2.75) is 24.4 Å². The molecule has 5 nitrogen and oxygen atoms in total. The Hall–Kier alpha value is -1.80. The van der Waals surface area contributed by atoms with Crippen molar-refractivity contribution >= 4 is 10.0 Å². The van der Waals surface area contributed by atoms with E-state index in [4.69, 9.17) is 0 Å². The molecule has 1 unspecified atom stereocenters. The number of nitrogens with zero attached hydrogens (tertiary/aromatic N) is 1. The van der Waals surface area contributed by atoms with Gasteiger partial charge in [0, 0.05) is 11.6 Å². The second kappa shape index (κ2) is 5.68. The van der Waals surface area contributed by atoms with Gasteiger partial charge in [0.1, 0.15) is 11.6 Å². The molecule has 20 heavy (non-hydrogen) atoms. The molecule has 0 saturated carbocycles. The molecule has 0 fully saturated rings. The Labute approximate surface area is 115 Å². The standard InChI is InChI=1S/C12H13F2N3O2S/c1-8(5-9-10(13)3-2-4-11(9)14)17-20(18,19)12-6-15-7-16-12/h2-4,6-8,17H,5H2,1H3,(H,15,16). The average molecular weight is 301 g/mol. The van der Waals surface area contributed by atoms with Crippen LogP contribution in [0.5, 0.6) is 0 Å². The van der Waals surface area contributed by atoms with Gasteiger partial charge in [0.05, 0.1) is 12.5 Å². The van der Waals surface area contributed by atoms with E-state index in [9.17, 15) is 17.2 Å². The van der Waals surface area contributed by atoms with Gasteiger partial charge in [-0.05, 0) is 25.5 Å². The SMILES string of the molecule is CC(Cc1c(F)cccc1F)NS(=O)(=O)c1cnc[nH]1. The lowest BCUT2D eigenvalue weighted by Gasteiger charge is -2.14. The molecule has 1 atom stereocenters. The van der Waals surface area contributed by atoms with E-state index in [0.717, 1.165) is 18.3 Å². The first-order valence-electron chi connectivity index (χ1n) is 5.84. The summed E-state index contributed by atoms with van der Waals surface area (Å²) in [6.45, 7) is 1.53. The molecular formula is C12H13F2N3O2S. The Morgan fingerprint density at radius 1 is 1.35 bits per heavy atom. The Kier molecular flexibility index (Phi) is 4.15. The maximum atomic E-state index is 13.5. The minimum atomic E-state index is -3.77. The quantitative estimate of drug-likeness (QED) is 0.881. The van der Waals surface area contributed by atoms with Crippen LogP contribution >= 0.6 is 0 Å². The molecule has 0 bridgehead atoms. The van der Waals surface area contributed by atoms with E-state index in [1.807, 2.05) is 0 Å². The van der Waals surface area contributed by atoms with Crippen molar-refractivity contribution in [1.29, 1.82) is 0 Å². The smallest absolute Gasteiger partial charge is 0.257 e. The van der Waals surface area contributed by atoms with Crippen molar-refractivity contribution < 1.29 is 17.2 Å². The molecule has 0 aliphatic heterocycles. The van der Waals surface area contributed by atoms with E-state index in [2.05, 4.69) is 14.7 Å². The first-order valence-corrected chi connectivity index (χ1v) is 7.32. The minimum Gasteiger partial charge on any atom is -0.335 e. The highest BCUT2D eigenvalue weighted by atomic mass is 32.2. The number of benzene rings is 1. The number of H-pyrrole nitrogens is 1. The third-order valence-electron chi connectivity index (χ3n) is 2.69. The summed E-state index contributed by atoms with van der Waals surface area (Å²) < 4.78 is 53.1. The van der Waals surface area contributed by atoms with Crippen LogP contribution in [0.3, 0.4) is 0 Å². The van der Waals surface area contributed by atoms with Gasteiger partial charge in [-0.1, -0.05) is 6.07 Å². The minimum absolute atomic E-state index is 0.0914. The number of aromatic amines is 1. The number of rotatable bonds is 5. The first kappa shape index (κ1) is 14.6. The van der Waals surface area contributed by atoms with E-state index < -0.39 is 27.7 Å². The summed E-state index contributed by atoms with van der Waals surface area (Å²) in [5.74, 6) is -1.39. The second-order valence-corrected chi connectivity index (χ2v) is 6.02. The number of nitrogens with one attached hydrogen (secondary N) is 2. The van der Waals surface area contributed by atoms with Crippen molar-refractivity contribution in [2.24, 2.45) is 0 Å². The third kappa shape index (κ3) is 3.20. The Balaban J connectivity index is 2.12. The van der Waals surface area contributed by atoms with Gasteiger partial charge in [-0.2, -0.15) is 0 Å². The van der Waals surface area contributed by atoms with Crippen molar-refractivity contribution in [3.8, 4) is 0 Å². The zero-order chi connectivity index (χ0) is 14.8. The van der Waals surface area contributed by atoms with Crippen LogP contribution in [-0.4, -0.2) is 24.4 Å². The van der Waals surface area contributed by atoms with Gasteiger partial charge >= 0.3 is 0 Å². The van der Waals surface area contributed by atoms with Gasteiger partial charge in [0.25, 0.3) is 10.0 Å². The van der Waals surface area contributed by atoms with Crippen LogP contribution in [-0.2, 0) is 16.4 Å². The molecule has 0 spiro atoms. The van der Waals surface area contributed by atoms with Gasteiger partial charge in [0.2, 0.25) is 0 Å². The van der Waals surface area contributed by atoms with E-state index in [0.29, 0.717) is 0 Å². The number of halogens is 2. The lowest BCUT2D eigenvalue weighted by molar-refractivity contribution is 0.522. The van der Waals surface area contributed by atoms with E-state index in [-0.39, 0.29) is 17.0 Å². The van der Waals surface area contributed by atoms with Crippen molar-refractivity contribution in [1.82, 2.24) is 14.7 Å². The van der Waals surface area contributed by atoms with Gasteiger partial charge < -0.3 is 4.98 Å². The van der Waals surface area contributed by atoms with Crippen molar-refractivity contribution in [2.75, 3.05) is 0 Å². The molecule has 2 rings (SSSR count). The zero-order valence-electron chi connectivity index (χ0n) is 10.6. The Morgan fingerprint density at radius 3 is 2.55 bits per heavy atom. The third-order valence-corrected chi connectivity index (χ3v) is 4.21. The molecule has 0 aliphatic carbocycles. The lowest BCUT2D eigenvalue weighted by Crippen LogP contribution is -2.34. The van der Waals surface area contributed by atoms with Gasteiger partial charge in [-0.3, -0.25) is 0 Å². The van der Waals surface area contributed by atoms with E-state index in [1.165, 1.54) is 19.3 Å². The summed E-state index contributed by atoms with van der Waals surface area (Å²) in [5.41, 5.74) is -0.146. The summed E-state index contributed by atoms with van der Waals surface area (Å²) in [4.78, 5) is 6.07. The summed E-state index contributed by atoms with van der Waals surface area (Å²) in [6, 6.07) is 2.85. The number of hydrogen-bond acceptors (Lipinski definition) is 3. The molecule has 1 aromatic carbocycles. The highest BCUT2D eigenvalue weighted by Gasteiger charge is 2.20. The molecule has 0 saturated heterocycles. The summed E-state index contributed by atoms with van der Waals surface area (Å²) in [5, 5.41) is -0.0987. The van der Waals surface area contributed by atoms with Gasteiger partial charge in [0.15, 0.2) is 5.03 Å². The molecular weight excluding hydrogens is 288 g/mol. The van der Waals surface area contributed by atoms with Crippen LogP contribution in [0, 0.1) is 11.6 Å². The fourth-order valence-corrected chi connectivity index (χ4v) is 2.94. The molecule has 2 N–H and O–H groups in total. The number of aromatic nitrogens is 2. The highest BCUT2D eigenvalue weighted by molar-refractivity contribution is 7.89. The van der Waals surface area contributed by atoms with Gasteiger partial charge in [-0.25, -0.2) is 26.9 Å². The van der Waals surface area contributed by atoms with Crippen LogP contribution in [0.25, 0.3) is 0 Å². The number of imidazole rings is 1. The predicted octanol–water partition coefficient (Wildman–Crippen LogP) is 1.60. The molecule has 1 aromatic heterocycles. The van der Waals surface area contributed by atoms with E-state index in [1.54, 1.807) is 0 Å². The van der Waals surface area contributed by atoms with Crippen LogP contribution in [0.1, 0.15) is 12.5 Å². The summed E-state index contributed by atoms with van der Waals surface area (Å²) >= 11 is 0. The van der Waals surface area contributed by atoms with Crippen LogP contribution in [0.15, 0.2) is 35.7 Å². The van der Waals surface area contributed by atoms with Crippen LogP contribution < -0.4 is 4.72 Å². The maximum absolute atomic E-state index is 13.5. The van der Waals surface area contributed by atoms with Crippen LogP contribution in [0.4, 0.5) is 8.78 Å². The average Bonchev–Trinajstić information content (AvgIpc) is 2.88. The highest BCUT2D eigenvalue weighted by Crippen LogP contribution is 2.15. The molecule has 8 heteroatoms. The predicted molar refractivity (Wildman–Crippen MR) is 68.4 cm³/mol. The molecule has 2 aromatic rings.